The summed E-state index contributed by atoms with van der Waals surface area (Å²) in [6.07, 6.45) is 7.44. The third kappa shape index (κ3) is 5.36. The molecule has 0 amide bonds. The molecule has 0 aliphatic heterocycles. The standard InChI is InChI=1S/C16H27N/c1-4-5-6-7-8-16(17)12-15-11-13(2)9-10-14(15)3/h9-11,16H,4-8,12,17H2,1-3H3. The van der Waals surface area contributed by atoms with Crippen LogP contribution in [0.25, 0.3) is 0 Å². The van der Waals surface area contributed by atoms with Crippen molar-refractivity contribution in [2.24, 2.45) is 5.73 Å². The average molecular weight is 233 g/mol. The number of hydrogen-bond acceptors (Lipinski definition) is 1. The molecule has 0 saturated heterocycles. The minimum absolute atomic E-state index is 0.326. The molecule has 1 nitrogen and oxygen atoms in total. The van der Waals surface area contributed by atoms with Gasteiger partial charge in [0.25, 0.3) is 0 Å². The fourth-order valence-corrected chi connectivity index (χ4v) is 2.24. The number of benzene rings is 1. The zero-order valence-corrected chi connectivity index (χ0v) is 11.6. The Morgan fingerprint density at radius 2 is 1.88 bits per heavy atom. The van der Waals surface area contributed by atoms with Gasteiger partial charge in [-0.3, -0.25) is 0 Å². The van der Waals surface area contributed by atoms with Gasteiger partial charge in [-0.05, 0) is 37.8 Å². The molecule has 0 heterocycles. The highest BCUT2D eigenvalue weighted by molar-refractivity contribution is 5.31. The van der Waals surface area contributed by atoms with Gasteiger partial charge < -0.3 is 5.73 Å². The van der Waals surface area contributed by atoms with E-state index in [0.29, 0.717) is 6.04 Å². The molecular weight excluding hydrogens is 206 g/mol. The van der Waals surface area contributed by atoms with Crippen LogP contribution in [-0.4, -0.2) is 6.04 Å². The molecular formula is C16H27N. The molecule has 2 N–H and O–H groups in total. The first-order valence-corrected chi connectivity index (χ1v) is 6.95. The molecule has 0 aromatic heterocycles. The zero-order valence-electron chi connectivity index (χ0n) is 11.6. The predicted octanol–water partition coefficient (Wildman–Crippen LogP) is 4.14. The van der Waals surface area contributed by atoms with Crippen LogP contribution >= 0.6 is 0 Å². The molecule has 96 valence electrons. The largest absolute Gasteiger partial charge is 0.327 e. The van der Waals surface area contributed by atoms with E-state index in [1.807, 2.05) is 0 Å². The average Bonchev–Trinajstić information content (AvgIpc) is 2.29. The Kier molecular flexibility index (Phi) is 6.28. The van der Waals surface area contributed by atoms with E-state index in [4.69, 9.17) is 5.73 Å². The highest BCUT2D eigenvalue weighted by atomic mass is 14.6. The molecule has 0 saturated carbocycles. The summed E-state index contributed by atoms with van der Waals surface area (Å²) in [5.74, 6) is 0. The van der Waals surface area contributed by atoms with Crippen LogP contribution in [0.5, 0.6) is 0 Å². The zero-order chi connectivity index (χ0) is 12.7. The van der Waals surface area contributed by atoms with Crippen molar-refractivity contribution in [1.29, 1.82) is 0 Å². The second kappa shape index (κ2) is 7.50. The van der Waals surface area contributed by atoms with Crippen molar-refractivity contribution in [2.75, 3.05) is 0 Å². The van der Waals surface area contributed by atoms with Crippen LogP contribution in [-0.2, 0) is 6.42 Å². The Bertz CT molecular complexity index is 330. The summed E-state index contributed by atoms with van der Waals surface area (Å²) in [7, 11) is 0. The SMILES string of the molecule is CCCCCCC(N)Cc1cc(C)ccc1C. The van der Waals surface area contributed by atoms with E-state index in [-0.39, 0.29) is 0 Å². The summed E-state index contributed by atoms with van der Waals surface area (Å²) >= 11 is 0. The van der Waals surface area contributed by atoms with Crippen LogP contribution in [0.1, 0.15) is 55.7 Å². The summed E-state index contributed by atoms with van der Waals surface area (Å²) in [4.78, 5) is 0. The van der Waals surface area contributed by atoms with Gasteiger partial charge in [-0.2, -0.15) is 0 Å². The van der Waals surface area contributed by atoms with Gasteiger partial charge in [-0.1, -0.05) is 56.4 Å². The third-order valence-corrected chi connectivity index (χ3v) is 3.42. The molecule has 0 aliphatic carbocycles. The lowest BCUT2D eigenvalue weighted by molar-refractivity contribution is 0.545. The van der Waals surface area contributed by atoms with Gasteiger partial charge in [0.05, 0.1) is 0 Å². The molecule has 1 aromatic rings. The van der Waals surface area contributed by atoms with Crippen LogP contribution in [0.15, 0.2) is 18.2 Å². The van der Waals surface area contributed by atoms with Crippen LogP contribution in [0.2, 0.25) is 0 Å². The number of hydrogen-bond donors (Lipinski definition) is 1. The van der Waals surface area contributed by atoms with Crippen molar-refractivity contribution >= 4 is 0 Å². The van der Waals surface area contributed by atoms with Crippen molar-refractivity contribution in [3.63, 3.8) is 0 Å². The van der Waals surface area contributed by atoms with Crippen molar-refractivity contribution < 1.29 is 0 Å². The maximum atomic E-state index is 6.21. The van der Waals surface area contributed by atoms with Gasteiger partial charge in [-0.25, -0.2) is 0 Å². The van der Waals surface area contributed by atoms with Gasteiger partial charge in [0.15, 0.2) is 0 Å². The van der Waals surface area contributed by atoms with E-state index in [2.05, 4.69) is 39.0 Å². The van der Waals surface area contributed by atoms with E-state index >= 15 is 0 Å². The van der Waals surface area contributed by atoms with Crippen LogP contribution < -0.4 is 5.73 Å². The number of rotatable bonds is 7. The number of aryl methyl sites for hydroxylation is 2. The molecule has 1 rings (SSSR count). The van der Waals surface area contributed by atoms with Gasteiger partial charge in [0.1, 0.15) is 0 Å². The Balaban J connectivity index is 2.39. The van der Waals surface area contributed by atoms with Crippen molar-refractivity contribution in [1.82, 2.24) is 0 Å². The predicted molar refractivity (Wildman–Crippen MR) is 76.4 cm³/mol. The van der Waals surface area contributed by atoms with Crippen LogP contribution in [0.3, 0.4) is 0 Å². The molecule has 17 heavy (non-hydrogen) atoms. The summed E-state index contributed by atoms with van der Waals surface area (Å²) in [6, 6.07) is 6.98. The Labute approximate surface area is 106 Å². The normalized spacial score (nSPS) is 12.7. The fourth-order valence-electron chi connectivity index (χ4n) is 2.24. The Morgan fingerprint density at radius 3 is 2.59 bits per heavy atom. The van der Waals surface area contributed by atoms with E-state index in [1.54, 1.807) is 0 Å². The monoisotopic (exact) mass is 233 g/mol. The molecule has 0 spiro atoms. The van der Waals surface area contributed by atoms with E-state index in [1.165, 1.54) is 42.4 Å². The van der Waals surface area contributed by atoms with Gasteiger partial charge in [-0.15, -0.1) is 0 Å². The number of unbranched alkanes of at least 4 members (excludes halogenated alkanes) is 3. The molecule has 1 heteroatoms. The highest BCUT2D eigenvalue weighted by Crippen LogP contribution is 2.14. The van der Waals surface area contributed by atoms with E-state index in [9.17, 15) is 0 Å². The second-order valence-electron chi connectivity index (χ2n) is 5.24. The lowest BCUT2D eigenvalue weighted by Gasteiger charge is -2.14. The van der Waals surface area contributed by atoms with Crippen LogP contribution in [0.4, 0.5) is 0 Å². The lowest BCUT2D eigenvalue weighted by atomic mass is 9.96. The maximum Gasteiger partial charge on any atom is 0.00794 e. The van der Waals surface area contributed by atoms with Crippen molar-refractivity contribution in [2.45, 2.75) is 65.3 Å². The van der Waals surface area contributed by atoms with Crippen molar-refractivity contribution in [3.8, 4) is 0 Å². The summed E-state index contributed by atoms with van der Waals surface area (Å²) in [5, 5.41) is 0. The topological polar surface area (TPSA) is 26.0 Å². The molecule has 1 unspecified atom stereocenters. The van der Waals surface area contributed by atoms with Gasteiger partial charge >= 0.3 is 0 Å². The molecule has 0 fully saturated rings. The Hall–Kier alpha value is -0.820. The fraction of sp³-hybridized carbons (Fsp3) is 0.625. The minimum Gasteiger partial charge on any atom is -0.327 e. The first-order chi connectivity index (χ1) is 8.13. The first kappa shape index (κ1) is 14.2. The first-order valence-electron chi connectivity index (χ1n) is 6.95. The molecule has 0 radical (unpaired) electrons. The third-order valence-electron chi connectivity index (χ3n) is 3.42. The van der Waals surface area contributed by atoms with Gasteiger partial charge in [0, 0.05) is 6.04 Å². The molecule has 0 aliphatic rings. The summed E-state index contributed by atoms with van der Waals surface area (Å²) in [6.45, 7) is 6.57. The quantitative estimate of drug-likeness (QED) is 0.704. The Morgan fingerprint density at radius 1 is 1.12 bits per heavy atom. The van der Waals surface area contributed by atoms with Gasteiger partial charge in [0.2, 0.25) is 0 Å². The van der Waals surface area contributed by atoms with Crippen molar-refractivity contribution in [3.05, 3.63) is 34.9 Å². The minimum atomic E-state index is 0.326. The molecule has 1 aromatic carbocycles. The van der Waals surface area contributed by atoms with E-state index < -0.39 is 0 Å². The second-order valence-corrected chi connectivity index (χ2v) is 5.24. The molecule has 0 bridgehead atoms. The smallest absolute Gasteiger partial charge is 0.00794 e. The molecule has 1 atom stereocenters. The maximum absolute atomic E-state index is 6.21. The summed E-state index contributed by atoms with van der Waals surface area (Å²) in [5.41, 5.74) is 10.3. The summed E-state index contributed by atoms with van der Waals surface area (Å²) < 4.78 is 0. The van der Waals surface area contributed by atoms with E-state index in [0.717, 1.165) is 12.8 Å². The van der Waals surface area contributed by atoms with Crippen LogP contribution in [0, 0.1) is 13.8 Å². The lowest BCUT2D eigenvalue weighted by Crippen LogP contribution is -2.23. The number of nitrogens with two attached hydrogens (primary N) is 1. The highest BCUT2D eigenvalue weighted by Gasteiger charge is 2.06.